The van der Waals surface area contributed by atoms with Gasteiger partial charge in [-0.15, -0.1) is 0 Å². The molecule has 0 aliphatic rings. The van der Waals surface area contributed by atoms with Crippen molar-refractivity contribution in [1.82, 2.24) is 0 Å². The molecule has 0 saturated heterocycles. The molecule has 4 nitrogen and oxygen atoms in total. The molecule has 0 spiro atoms. The van der Waals surface area contributed by atoms with Gasteiger partial charge >= 0.3 is 5.97 Å². The minimum atomic E-state index is -0.468. The Morgan fingerprint density at radius 3 is 2.45 bits per heavy atom. The second-order valence-corrected chi connectivity index (χ2v) is 5.32. The van der Waals surface area contributed by atoms with Crippen molar-refractivity contribution < 1.29 is 9.63 Å². The van der Waals surface area contributed by atoms with E-state index < -0.39 is 5.97 Å². The summed E-state index contributed by atoms with van der Waals surface area (Å²) in [6.45, 7) is 1.77. The number of anilines is 1. The van der Waals surface area contributed by atoms with Gasteiger partial charge in [0, 0.05) is 9.26 Å². The van der Waals surface area contributed by atoms with E-state index in [2.05, 4.69) is 27.7 Å². The van der Waals surface area contributed by atoms with Crippen molar-refractivity contribution in [2.45, 2.75) is 6.92 Å². The maximum atomic E-state index is 11.9. The van der Waals surface area contributed by atoms with Crippen LogP contribution in [0.1, 0.15) is 22.8 Å². The zero-order valence-corrected chi connectivity index (χ0v) is 13.0. The number of rotatable bonds is 3. The van der Waals surface area contributed by atoms with Crippen LogP contribution in [0, 0.1) is 3.57 Å². The van der Waals surface area contributed by atoms with Gasteiger partial charge in [-0.3, -0.25) is 0 Å². The van der Waals surface area contributed by atoms with E-state index in [0.717, 1.165) is 9.13 Å². The highest BCUT2D eigenvalue weighted by molar-refractivity contribution is 14.1. The number of benzene rings is 2. The Kier molecular flexibility index (Phi) is 4.73. The lowest BCUT2D eigenvalue weighted by atomic mass is 10.1. The van der Waals surface area contributed by atoms with Crippen molar-refractivity contribution in [1.29, 1.82) is 0 Å². The fourth-order valence-electron chi connectivity index (χ4n) is 1.56. The third-order valence-electron chi connectivity index (χ3n) is 2.69. The van der Waals surface area contributed by atoms with Gasteiger partial charge in [0.2, 0.25) is 0 Å². The van der Waals surface area contributed by atoms with E-state index in [1.165, 1.54) is 0 Å². The van der Waals surface area contributed by atoms with Crippen molar-refractivity contribution in [2.75, 3.05) is 5.73 Å². The van der Waals surface area contributed by atoms with Gasteiger partial charge in [0.25, 0.3) is 0 Å². The minimum absolute atomic E-state index is 0.468. The van der Waals surface area contributed by atoms with Crippen LogP contribution in [0.4, 0.5) is 5.69 Å². The van der Waals surface area contributed by atoms with Crippen molar-refractivity contribution >= 4 is 40.0 Å². The molecule has 0 unspecified atom stereocenters. The van der Waals surface area contributed by atoms with E-state index >= 15 is 0 Å². The molecule has 2 rings (SSSR count). The predicted octanol–water partition coefficient (Wildman–Crippen LogP) is 3.45. The Morgan fingerprint density at radius 2 is 1.80 bits per heavy atom. The van der Waals surface area contributed by atoms with Crippen LogP contribution in [0.5, 0.6) is 0 Å². The van der Waals surface area contributed by atoms with E-state index in [9.17, 15) is 4.79 Å². The number of nitrogens with zero attached hydrogens (tertiary/aromatic N) is 1. The summed E-state index contributed by atoms with van der Waals surface area (Å²) in [4.78, 5) is 16.9. The Morgan fingerprint density at radius 1 is 1.15 bits per heavy atom. The SMILES string of the molecule is C/C(=N\OC(=O)c1ccccc1I)c1ccc(N)cc1. The number of hydrogen-bond acceptors (Lipinski definition) is 4. The second kappa shape index (κ2) is 6.51. The molecule has 0 radical (unpaired) electrons. The fraction of sp³-hybridized carbons (Fsp3) is 0.0667. The Hall–Kier alpha value is -1.89. The molecule has 0 aliphatic carbocycles. The van der Waals surface area contributed by atoms with Crippen LogP contribution in [-0.4, -0.2) is 11.7 Å². The quantitative estimate of drug-likeness (QED) is 0.292. The van der Waals surface area contributed by atoms with E-state index in [1.54, 1.807) is 31.2 Å². The summed E-state index contributed by atoms with van der Waals surface area (Å²) in [5, 5.41) is 3.86. The third-order valence-corrected chi connectivity index (χ3v) is 3.63. The lowest BCUT2D eigenvalue weighted by Crippen LogP contribution is -2.05. The Bertz CT molecular complexity index is 651. The summed E-state index contributed by atoms with van der Waals surface area (Å²) in [5.41, 5.74) is 8.27. The summed E-state index contributed by atoms with van der Waals surface area (Å²) in [7, 11) is 0. The average molecular weight is 380 g/mol. The van der Waals surface area contributed by atoms with E-state index in [4.69, 9.17) is 10.6 Å². The molecule has 0 bridgehead atoms. The topological polar surface area (TPSA) is 64.7 Å². The van der Waals surface area contributed by atoms with Crippen LogP contribution < -0.4 is 5.73 Å². The predicted molar refractivity (Wildman–Crippen MR) is 87.6 cm³/mol. The van der Waals surface area contributed by atoms with Crippen molar-refractivity contribution in [2.24, 2.45) is 5.16 Å². The summed E-state index contributed by atoms with van der Waals surface area (Å²) >= 11 is 2.08. The third kappa shape index (κ3) is 3.57. The number of halogens is 1. The van der Waals surface area contributed by atoms with Gasteiger partial charge in [-0.25, -0.2) is 4.79 Å². The minimum Gasteiger partial charge on any atom is -0.399 e. The van der Waals surface area contributed by atoms with Crippen LogP contribution in [0.25, 0.3) is 0 Å². The first-order chi connectivity index (χ1) is 9.58. The second-order valence-electron chi connectivity index (χ2n) is 4.16. The van der Waals surface area contributed by atoms with Gasteiger partial charge < -0.3 is 10.6 Å². The molecule has 2 aromatic carbocycles. The molecule has 2 aromatic rings. The number of oxime groups is 1. The molecule has 0 atom stereocenters. The van der Waals surface area contributed by atoms with Crippen LogP contribution in [0.3, 0.4) is 0 Å². The Labute approximate surface area is 130 Å². The van der Waals surface area contributed by atoms with Gasteiger partial charge in [0.05, 0.1) is 11.3 Å². The highest BCUT2D eigenvalue weighted by atomic mass is 127. The van der Waals surface area contributed by atoms with E-state index in [0.29, 0.717) is 17.0 Å². The van der Waals surface area contributed by atoms with Crippen molar-refractivity contribution in [3.8, 4) is 0 Å². The standard InChI is InChI=1S/C15H13IN2O2/c1-10(11-6-8-12(17)9-7-11)18-20-15(19)13-4-2-3-5-14(13)16/h2-9H,17H2,1H3/b18-10+. The molecule has 0 aromatic heterocycles. The molecule has 102 valence electrons. The zero-order valence-electron chi connectivity index (χ0n) is 10.8. The molecule has 20 heavy (non-hydrogen) atoms. The van der Waals surface area contributed by atoms with Crippen LogP contribution in [0.15, 0.2) is 53.7 Å². The molecule has 0 heterocycles. The number of carbonyl (C=O) groups excluding carboxylic acids is 1. The molecular formula is C15H13IN2O2. The highest BCUT2D eigenvalue weighted by Gasteiger charge is 2.10. The zero-order chi connectivity index (χ0) is 14.5. The van der Waals surface area contributed by atoms with Crippen molar-refractivity contribution in [3.05, 3.63) is 63.2 Å². The number of hydrogen-bond donors (Lipinski definition) is 1. The van der Waals surface area contributed by atoms with Crippen molar-refractivity contribution in [3.63, 3.8) is 0 Å². The molecule has 0 saturated carbocycles. The Balaban J connectivity index is 2.11. The van der Waals surface area contributed by atoms with Crippen LogP contribution >= 0.6 is 22.6 Å². The maximum Gasteiger partial charge on any atom is 0.366 e. The highest BCUT2D eigenvalue weighted by Crippen LogP contribution is 2.13. The van der Waals surface area contributed by atoms with E-state index in [-0.39, 0.29) is 0 Å². The van der Waals surface area contributed by atoms with Gasteiger partial charge in [-0.2, -0.15) is 0 Å². The van der Waals surface area contributed by atoms with Gasteiger partial charge in [0.15, 0.2) is 0 Å². The molecule has 0 amide bonds. The summed E-state index contributed by atoms with van der Waals surface area (Å²) < 4.78 is 0.829. The molecular weight excluding hydrogens is 367 g/mol. The summed E-state index contributed by atoms with van der Waals surface area (Å²) in [6, 6.07) is 14.4. The molecule has 0 fully saturated rings. The lowest BCUT2D eigenvalue weighted by Gasteiger charge is -2.03. The normalized spacial score (nSPS) is 11.2. The van der Waals surface area contributed by atoms with Gasteiger partial charge in [0.1, 0.15) is 0 Å². The van der Waals surface area contributed by atoms with Gasteiger partial charge in [-0.1, -0.05) is 29.4 Å². The smallest absolute Gasteiger partial charge is 0.366 e. The lowest BCUT2D eigenvalue weighted by molar-refractivity contribution is 0.0515. The first-order valence-electron chi connectivity index (χ1n) is 5.94. The number of carbonyl (C=O) groups is 1. The first-order valence-corrected chi connectivity index (χ1v) is 7.02. The summed E-state index contributed by atoms with van der Waals surface area (Å²) in [5.74, 6) is -0.468. The first kappa shape index (κ1) is 14.5. The van der Waals surface area contributed by atoms with Crippen LogP contribution in [-0.2, 0) is 4.84 Å². The molecule has 5 heteroatoms. The monoisotopic (exact) mass is 380 g/mol. The average Bonchev–Trinajstić information content (AvgIpc) is 2.45. The number of nitrogens with two attached hydrogens (primary N) is 1. The van der Waals surface area contributed by atoms with Gasteiger partial charge in [-0.05, 0) is 59.3 Å². The molecule has 0 aliphatic heterocycles. The summed E-state index contributed by atoms with van der Waals surface area (Å²) in [6.07, 6.45) is 0. The fourth-order valence-corrected chi connectivity index (χ4v) is 2.17. The maximum absolute atomic E-state index is 11.9. The molecule has 2 N–H and O–H groups in total. The van der Waals surface area contributed by atoms with Crippen LogP contribution in [0.2, 0.25) is 0 Å². The largest absolute Gasteiger partial charge is 0.399 e. The van der Waals surface area contributed by atoms with E-state index in [1.807, 2.05) is 24.3 Å². The number of nitrogen functional groups attached to an aromatic ring is 1.